The van der Waals surface area contributed by atoms with Crippen molar-refractivity contribution in [2.24, 2.45) is 0 Å². The highest BCUT2D eigenvalue weighted by Crippen LogP contribution is 2.28. The minimum Gasteiger partial charge on any atom is -0.485 e. The third kappa shape index (κ3) is 5.28. The van der Waals surface area contributed by atoms with Crippen molar-refractivity contribution >= 4 is 11.7 Å². The molecule has 1 aliphatic rings. The Balaban J connectivity index is 1.47. The quantitative estimate of drug-likeness (QED) is 0.612. The van der Waals surface area contributed by atoms with Crippen LogP contribution in [-0.2, 0) is 6.61 Å². The lowest BCUT2D eigenvalue weighted by atomic mass is 10.0. The van der Waals surface area contributed by atoms with E-state index >= 15 is 0 Å². The number of nitrogens with two attached hydrogens (primary N) is 1. The van der Waals surface area contributed by atoms with Gasteiger partial charge in [0.05, 0.1) is 0 Å². The molecule has 2 aromatic carbocycles. The molecule has 33 heavy (non-hydrogen) atoms. The smallest absolute Gasteiger partial charge is 0.253 e. The number of anilines is 1. The van der Waals surface area contributed by atoms with Gasteiger partial charge in [-0.25, -0.2) is 13.8 Å². The van der Waals surface area contributed by atoms with Gasteiger partial charge < -0.3 is 20.7 Å². The second-order valence-corrected chi connectivity index (χ2v) is 8.40. The van der Waals surface area contributed by atoms with Gasteiger partial charge in [0.1, 0.15) is 6.61 Å². The van der Waals surface area contributed by atoms with Crippen LogP contribution < -0.4 is 15.8 Å². The average molecular weight is 453 g/mol. The number of piperazine rings is 1. The zero-order valence-corrected chi connectivity index (χ0v) is 18.5. The van der Waals surface area contributed by atoms with Crippen molar-refractivity contribution in [2.45, 2.75) is 32.5 Å². The van der Waals surface area contributed by atoms with Crippen molar-refractivity contribution in [3.63, 3.8) is 0 Å². The molecule has 3 aromatic rings. The topological polar surface area (TPSA) is 80.5 Å². The standard InChI is InChI=1S/C25H26F2N4O2/c1-15-12-31(13-16(2)30-15)25(32)19-6-4-18(5-7-19)20-10-23(24(28)29-11-20)33-14-17-3-8-21(26)22(27)9-17/h3-11,15-16,30H,12-14H2,1-2H3,(H2,28,29). The number of nitrogens with one attached hydrogen (secondary N) is 1. The van der Waals surface area contributed by atoms with Crippen LogP contribution in [0.2, 0.25) is 0 Å². The molecule has 2 heterocycles. The summed E-state index contributed by atoms with van der Waals surface area (Å²) in [6.45, 7) is 5.50. The van der Waals surface area contributed by atoms with E-state index in [2.05, 4.69) is 24.1 Å². The Hall–Kier alpha value is -3.52. The van der Waals surface area contributed by atoms with Gasteiger partial charge in [0, 0.05) is 42.5 Å². The molecule has 1 fully saturated rings. The highest BCUT2D eigenvalue weighted by Gasteiger charge is 2.25. The zero-order valence-electron chi connectivity index (χ0n) is 18.5. The van der Waals surface area contributed by atoms with Gasteiger partial charge in [-0.15, -0.1) is 0 Å². The van der Waals surface area contributed by atoms with E-state index in [9.17, 15) is 13.6 Å². The predicted molar refractivity (Wildman–Crippen MR) is 123 cm³/mol. The maximum Gasteiger partial charge on any atom is 0.253 e. The van der Waals surface area contributed by atoms with Gasteiger partial charge in [0.25, 0.3) is 5.91 Å². The molecule has 2 unspecified atom stereocenters. The Bertz CT molecular complexity index is 1140. The molecular weight excluding hydrogens is 426 g/mol. The van der Waals surface area contributed by atoms with E-state index < -0.39 is 11.6 Å². The number of halogens is 2. The summed E-state index contributed by atoms with van der Waals surface area (Å²) in [4.78, 5) is 19.0. The molecule has 0 aliphatic carbocycles. The molecule has 1 aliphatic heterocycles. The van der Waals surface area contributed by atoms with E-state index in [-0.39, 0.29) is 30.4 Å². The Morgan fingerprint density at radius 3 is 2.42 bits per heavy atom. The molecule has 0 radical (unpaired) electrons. The van der Waals surface area contributed by atoms with Crippen molar-refractivity contribution in [3.05, 3.63) is 77.5 Å². The molecule has 4 rings (SSSR count). The summed E-state index contributed by atoms with van der Waals surface area (Å²) in [5, 5.41) is 3.42. The van der Waals surface area contributed by atoms with Crippen LogP contribution in [-0.4, -0.2) is 41.0 Å². The lowest BCUT2D eigenvalue weighted by molar-refractivity contribution is 0.0674. The first kappa shape index (κ1) is 22.7. The molecule has 3 N–H and O–H groups in total. The van der Waals surface area contributed by atoms with Crippen molar-refractivity contribution in [3.8, 4) is 16.9 Å². The van der Waals surface area contributed by atoms with Crippen LogP contribution in [0, 0.1) is 11.6 Å². The molecule has 0 bridgehead atoms. The predicted octanol–water partition coefficient (Wildman–Crippen LogP) is 4.01. The van der Waals surface area contributed by atoms with Crippen molar-refractivity contribution in [1.29, 1.82) is 0 Å². The number of carbonyl (C=O) groups excluding carboxylic acids is 1. The van der Waals surface area contributed by atoms with E-state index in [1.165, 1.54) is 6.07 Å². The van der Waals surface area contributed by atoms with Gasteiger partial charge >= 0.3 is 0 Å². The second-order valence-electron chi connectivity index (χ2n) is 8.40. The van der Waals surface area contributed by atoms with Crippen LogP contribution in [0.3, 0.4) is 0 Å². The number of amides is 1. The third-order valence-corrected chi connectivity index (χ3v) is 5.57. The van der Waals surface area contributed by atoms with Gasteiger partial charge in [-0.1, -0.05) is 18.2 Å². The van der Waals surface area contributed by atoms with Crippen LogP contribution >= 0.6 is 0 Å². The first-order valence-corrected chi connectivity index (χ1v) is 10.8. The summed E-state index contributed by atoms with van der Waals surface area (Å²) in [5.41, 5.74) is 8.63. The van der Waals surface area contributed by atoms with Crippen LogP contribution in [0.25, 0.3) is 11.1 Å². The maximum absolute atomic E-state index is 13.4. The minimum absolute atomic E-state index is 0.00716. The second kappa shape index (κ2) is 9.54. The Morgan fingerprint density at radius 2 is 1.76 bits per heavy atom. The van der Waals surface area contributed by atoms with Gasteiger partial charge in [0.15, 0.2) is 23.2 Å². The number of nitrogen functional groups attached to an aromatic ring is 1. The number of ether oxygens (including phenoxy) is 1. The molecule has 0 spiro atoms. The normalized spacial score (nSPS) is 18.2. The molecule has 0 saturated carbocycles. The number of pyridine rings is 1. The van der Waals surface area contributed by atoms with Gasteiger partial charge in [-0.2, -0.15) is 0 Å². The van der Waals surface area contributed by atoms with Gasteiger partial charge in [-0.05, 0) is 55.3 Å². The number of rotatable bonds is 5. The Morgan fingerprint density at radius 1 is 1.06 bits per heavy atom. The summed E-state index contributed by atoms with van der Waals surface area (Å²) >= 11 is 0. The Labute approximate surface area is 191 Å². The summed E-state index contributed by atoms with van der Waals surface area (Å²) in [6.07, 6.45) is 1.62. The average Bonchev–Trinajstić information content (AvgIpc) is 2.80. The fraction of sp³-hybridized carbons (Fsp3) is 0.280. The summed E-state index contributed by atoms with van der Waals surface area (Å²) < 4.78 is 32.2. The summed E-state index contributed by atoms with van der Waals surface area (Å²) in [7, 11) is 0. The monoisotopic (exact) mass is 452 g/mol. The van der Waals surface area contributed by atoms with E-state index in [0.717, 1.165) is 23.3 Å². The molecule has 1 amide bonds. The molecule has 2 atom stereocenters. The van der Waals surface area contributed by atoms with Crippen molar-refractivity contribution < 1.29 is 18.3 Å². The lowest BCUT2D eigenvalue weighted by Crippen LogP contribution is -2.55. The Kier molecular flexibility index (Phi) is 6.55. The largest absolute Gasteiger partial charge is 0.485 e. The maximum atomic E-state index is 13.4. The third-order valence-electron chi connectivity index (χ3n) is 5.57. The van der Waals surface area contributed by atoms with Crippen LogP contribution in [0.1, 0.15) is 29.8 Å². The molecular formula is C25H26F2N4O2. The van der Waals surface area contributed by atoms with Crippen LogP contribution in [0.5, 0.6) is 5.75 Å². The van der Waals surface area contributed by atoms with E-state index in [0.29, 0.717) is 30.0 Å². The first-order valence-electron chi connectivity index (χ1n) is 10.8. The van der Waals surface area contributed by atoms with Crippen molar-refractivity contribution in [1.82, 2.24) is 15.2 Å². The van der Waals surface area contributed by atoms with Crippen LogP contribution in [0.4, 0.5) is 14.6 Å². The number of hydrogen-bond donors (Lipinski definition) is 2. The molecule has 8 heteroatoms. The van der Waals surface area contributed by atoms with Gasteiger partial charge in [0.2, 0.25) is 0 Å². The highest BCUT2D eigenvalue weighted by molar-refractivity contribution is 5.95. The SMILES string of the molecule is CC1CN(C(=O)c2ccc(-c3cnc(N)c(OCc4ccc(F)c(F)c4)c3)cc2)CC(C)N1. The number of hydrogen-bond acceptors (Lipinski definition) is 5. The lowest BCUT2D eigenvalue weighted by Gasteiger charge is -2.36. The van der Waals surface area contributed by atoms with Crippen molar-refractivity contribution in [2.75, 3.05) is 18.8 Å². The molecule has 1 saturated heterocycles. The number of carbonyl (C=O) groups is 1. The number of aromatic nitrogens is 1. The number of nitrogens with zero attached hydrogens (tertiary/aromatic N) is 2. The van der Waals surface area contributed by atoms with E-state index in [1.54, 1.807) is 24.4 Å². The van der Waals surface area contributed by atoms with E-state index in [1.807, 2.05) is 17.0 Å². The molecule has 1 aromatic heterocycles. The summed E-state index contributed by atoms with van der Waals surface area (Å²) in [5.74, 6) is -1.32. The highest BCUT2D eigenvalue weighted by atomic mass is 19.2. The zero-order chi connectivity index (χ0) is 23.5. The number of benzene rings is 2. The minimum atomic E-state index is -0.935. The fourth-order valence-electron chi connectivity index (χ4n) is 4.00. The van der Waals surface area contributed by atoms with Crippen LogP contribution in [0.15, 0.2) is 54.7 Å². The first-order chi connectivity index (χ1) is 15.8. The molecule has 172 valence electrons. The molecule has 6 nitrogen and oxygen atoms in total. The van der Waals surface area contributed by atoms with Gasteiger partial charge in [-0.3, -0.25) is 4.79 Å². The fourth-order valence-corrected chi connectivity index (χ4v) is 4.00. The van der Waals surface area contributed by atoms with E-state index in [4.69, 9.17) is 10.5 Å². The summed E-state index contributed by atoms with van der Waals surface area (Å²) in [6, 6.07) is 13.1.